The third-order valence-corrected chi connectivity index (χ3v) is 5.11. The van der Waals surface area contributed by atoms with E-state index in [4.69, 9.17) is 14.2 Å². The van der Waals surface area contributed by atoms with E-state index in [2.05, 4.69) is 10.6 Å². The van der Waals surface area contributed by atoms with Crippen LogP contribution < -0.4 is 20.1 Å². The van der Waals surface area contributed by atoms with Gasteiger partial charge in [0.25, 0.3) is 0 Å². The molecule has 0 fully saturated rings. The van der Waals surface area contributed by atoms with Crippen LogP contribution in [0.4, 0.5) is 4.79 Å². The maximum absolute atomic E-state index is 13.0. The Morgan fingerprint density at radius 1 is 1.03 bits per heavy atom. The number of carbonyl (C=O) groups is 2. The molecule has 1 aliphatic rings. The Kier molecular flexibility index (Phi) is 7.72. The number of rotatable bonds is 9. The molecule has 0 bridgehead atoms. The third-order valence-electron chi connectivity index (χ3n) is 5.11. The molecule has 0 saturated carbocycles. The second-order valence-corrected chi connectivity index (χ2v) is 7.42. The van der Waals surface area contributed by atoms with Crippen molar-refractivity contribution in [3.05, 3.63) is 70.9 Å². The highest BCUT2D eigenvalue weighted by Crippen LogP contribution is 2.34. The van der Waals surface area contributed by atoms with Gasteiger partial charge in [0, 0.05) is 18.8 Å². The van der Waals surface area contributed by atoms with Crippen LogP contribution in [0.2, 0.25) is 0 Å². The van der Waals surface area contributed by atoms with Gasteiger partial charge in [-0.2, -0.15) is 0 Å². The average molecular weight is 440 g/mol. The number of ether oxygens (including phenoxy) is 3. The SMILES string of the molecule is CCOC(=O)C1=C(CN(C)Cc2ccccc2)NC(=O)N[C@@H]1c1ccc(OC)c(OC)c1. The van der Waals surface area contributed by atoms with Crippen LogP contribution >= 0.6 is 0 Å². The van der Waals surface area contributed by atoms with Gasteiger partial charge in [-0.3, -0.25) is 4.90 Å². The molecular weight excluding hydrogens is 410 g/mol. The zero-order valence-corrected chi connectivity index (χ0v) is 18.8. The van der Waals surface area contributed by atoms with Gasteiger partial charge in [0.1, 0.15) is 0 Å². The van der Waals surface area contributed by atoms with Crippen LogP contribution in [0.25, 0.3) is 0 Å². The summed E-state index contributed by atoms with van der Waals surface area (Å²) in [6, 6.07) is 14.2. The van der Waals surface area contributed by atoms with Crippen molar-refractivity contribution in [3.8, 4) is 11.5 Å². The molecule has 0 aliphatic carbocycles. The van der Waals surface area contributed by atoms with Crippen LogP contribution in [-0.4, -0.2) is 51.3 Å². The van der Waals surface area contributed by atoms with Crippen molar-refractivity contribution in [2.45, 2.75) is 19.5 Å². The highest BCUT2D eigenvalue weighted by molar-refractivity contribution is 5.95. The highest BCUT2D eigenvalue weighted by atomic mass is 16.5. The number of esters is 1. The van der Waals surface area contributed by atoms with Crippen molar-refractivity contribution in [1.29, 1.82) is 0 Å². The number of benzene rings is 2. The van der Waals surface area contributed by atoms with E-state index in [9.17, 15) is 9.59 Å². The van der Waals surface area contributed by atoms with Crippen molar-refractivity contribution in [1.82, 2.24) is 15.5 Å². The molecule has 2 aromatic carbocycles. The molecule has 0 unspecified atom stereocenters. The Hall–Kier alpha value is -3.52. The lowest BCUT2D eigenvalue weighted by molar-refractivity contribution is -0.139. The monoisotopic (exact) mass is 439 g/mol. The van der Waals surface area contributed by atoms with Crippen molar-refractivity contribution in [3.63, 3.8) is 0 Å². The van der Waals surface area contributed by atoms with Crippen LogP contribution in [0.5, 0.6) is 11.5 Å². The van der Waals surface area contributed by atoms with Gasteiger partial charge in [0.2, 0.25) is 0 Å². The van der Waals surface area contributed by atoms with E-state index in [0.29, 0.717) is 41.4 Å². The minimum atomic E-state index is -0.692. The first kappa shape index (κ1) is 23.1. The van der Waals surface area contributed by atoms with Gasteiger partial charge in [-0.25, -0.2) is 9.59 Å². The lowest BCUT2D eigenvalue weighted by Gasteiger charge is -2.31. The normalized spacial score (nSPS) is 15.8. The van der Waals surface area contributed by atoms with Crippen LogP contribution in [0.15, 0.2) is 59.8 Å². The molecule has 1 aliphatic heterocycles. The molecule has 1 heterocycles. The summed E-state index contributed by atoms with van der Waals surface area (Å²) in [5.41, 5.74) is 2.68. The fraction of sp³-hybridized carbons (Fsp3) is 0.333. The number of nitrogens with zero attached hydrogens (tertiary/aromatic N) is 1. The van der Waals surface area contributed by atoms with Crippen LogP contribution in [-0.2, 0) is 16.1 Å². The van der Waals surface area contributed by atoms with Gasteiger partial charge in [-0.1, -0.05) is 36.4 Å². The molecule has 0 saturated heterocycles. The minimum Gasteiger partial charge on any atom is -0.493 e. The van der Waals surface area contributed by atoms with Crippen LogP contribution in [0.1, 0.15) is 24.1 Å². The van der Waals surface area contributed by atoms with E-state index in [1.165, 1.54) is 7.11 Å². The molecule has 2 amide bonds. The number of hydrogen-bond acceptors (Lipinski definition) is 6. The predicted octanol–water partition coefficient (Wildman–Crippen LogP) is 3.01. The first-order chi connectivity index (χ1) is 15.5. The molecule has 0 aromatic heterocycles. The smallest absolute Gasteiger partial charge is 0.338 e. The molecular formula is C24H29N3O5. The molecule has 0 spiro atoms. The zero-order chi connectivity index (χ0) is 23.1. The van der Waals surface area contributed by atoms with E-state index < -0.39 is 12.0 Å². The molecule has 8 heteroatoms. The molecule has 2 N–H and O–H groups in total. The summed E-state index contributed by atoms with van der Waals surface area (Å²) in [5, 5.41) is 5.64. The first-order valence-corrected chi connectivity index (χ1v) is 10.4. The number of carbonyl (C=O) groups excluding carboxylic acids is 2. The summed E-state index contributed by atoms with van der Waals surface area (Å²) in [7, 11) is 5.02. The standard InChI is InChI=1S/C24H29N3O5/c1-5-32-23(28)21-18(15-27(2)14-16-9-7-6-8-10-16)25-24(29)26-22(21)17-11-12-19(30-3)20(13-17)31-4/h6-13,22H,5,14-15H2,1-4H3,(H2,25,26,29)/t22-/m1/s1. The fourth-order valence-electron chi connectivity index (χ4n) is 3.70. The largest absolute Gasteiger partial charge is 0.493 e. The highest BCUT2D eigenvalue weighted by Gasteiger charge is 2.34. The van der Waals surface area contributed by atoms with Crippen LogP contribution in [0.3, 0.4) is 0 Å². The zero-order valence-electron chi connectivity index (χ0n) is 18.8. The molecule has 2 aromatic rings. The fourth-order valence-corrected chi connectivity index (χ4v) is 3.70. The van der Waals surface area contributed by atoms with E-state index in [0.717, 1.165) is 5.56 Å². The van der Waals surface area contributed by atoms with E-state index in [1.807, 2.05) is 42.3 Å². The number of hydrogen-bond donors (Lipinski definition) is 2. The second kappa shape index (κ2) is 10.7. The van der Waals surface area contributed by atoms with Crippen molar-refractivity contribution in [2.24, 2.45) is 0 Å². The van der Waals surface area contributed by atoms with Crippen molar-refractivity contribution < 1.29 is 23.8 Å². The number of urea groups is 1. The van der Waals surface area contributed by atoms with Gasteiger partial charge >= 0.3 is 12.0 Å². The average Bonchev–Trinajstić information content (AvgIpc) is 2.78. The summed E-state index contributed by atoms with van der Waals surface area (Å²) < 4.78 is 16.0. The van der Waals surface area contributed by atoms with Crippen molar-refractivity contribution in [2.75, 3.05) is 34.4 Å². The van der Waals surface area contributed by atoms with Gasteiger partial charge in [0.15, 0.2) is 11.5 Å². The van der Waals surface area contributed by atoms with Gasteiger partial charge < -0.3 is 24.8 Å². The lowest BCUT2D eigenvalue weighted by Crippen LogP contribution is -2.48. The molecule has 1 atom stereocenters. The summed E-state index contributed by atoms with van der Waals surface area (Å²) >= 11 is 0. The molecule has 3 rings (SSSR count). The Bertz CT molecular complexity index is 990. The maximum atomic E-state index is 13.0. The summed E-state index contributed by atoms with van der Waals surface area (Å²) in [6.07, 6.45) is 0. The molecule has 0 radical (unpaired) electrons. The third kappa shape index (κ3) is 5.39. The first-order valence-electron chi connectivity index (χ1n) is 10.4. The molecule has 170 valence electrons. The Balaban J connectivity index is 1.98. The van der Waals surface area contributed by atoms with E-state index in [-0.39, 0.29) is 12.6 Å². The molecule has 8 nitrogen and oxygen atoms in total. The second-order valence-electron chi connectivity index (χ2n) is 7.42. The summed E-state index contributed by atoms with van der Waals surface area (Å²) in [4.78, 5) is 27.5. The number of likely N-dealkylation sites (N-methyl/N-ethyl adjacent to an activating group) is 1. The topological polar surface area (TPSA) is 89.1 Å². The van der Waals surface area contributed by atoms with Gasteiger partial charge in [-0.05, 0) is 37.2 Å². The minimum absolute atomic E-state index is 0.224. The quantitative estimate of drug-likeness (QED) is 0.584. The lowest BCUT2D eigenvalue weighted by atomic mass is 9.94. The summed E-state index contributed by atoms with van der Waals surface area (Å²) in [6.45, 7) is 2.99. The maximum Gasteiger partial charge on any atom is 0.338 e. The number of methoxy groups -OCH3 is 2. The number of nitrogens with one attached hydrogen (secondary N) is 2. The number of amides is 2. The predicted molar refractivity (Wildman–Crippen MR) is 120 cm³/mol. The Morgan fingerprint density at radius 3 is 2.41 bits per heavy atom. The van der Waals surface area contributed by atoms with Gasteiger partial charge in [-0.15, -0.1) is 0 Å². The van der Waals surface area contributed by atoms with Crippen molar-refractivity contribution >= 4 is 12.0 Å². The molecule has 32 heavy (non-hydrogen) atoms. The van der Waals surface area contributed by atoms with E-state index in [1.54, 1.807) is 32.2 Å². The summed E-state index contributed by atoms with van der Waals surface area (Å²) in [5.74, 6) is 0.577. The Labute approximate surface area is 188 Å². The Morgan fingerprint density at radius 2 is 1.75 bits per heavy atom. The van der Waals surface area contributed by atoms with Gasteiger partial charge in [0.05, 0.1) is 32.4 Å². The van der Waals surface area contributed by atoms with Crippen LogP contribution in [0, 0.1) is 0 Å². The van der Waals surface area contributed by atoms with E-state index >= 15 is 0 Å².